The van der Waals surface area contributed by atoms with Crippen LogP contribution in [-0.2, 0) is 9.59 Å². The molecule has 0 aromatic heterocycles. The largest absolute Gasteiger partial charge is 0.481 e. The molecule has 0 aromatic rings. The Bertz CT molecular complexity index is 278. The van der Waals surface area contributed by atoms with E-state index in [0.717, 1.165) is 6.42 Å². The number of carbonyl (C=O) groups is 2. The lowest BCUT2D eigenvalue weighted by Crippen LogP contribution is -2.50. The number of aliphatic carboxylic acids is 1. The molecule has 5 heteroatoms. The number of hydrogen-bond acceptors (Lipinski definition) is 3. The smallest absolute Gasteiger partial charge is 0.308 e. The molecule has 16 heavy (non-hydrogen) atoms. The number of nitrogens with zero attached hydrogens (tertiary/aromatic N) is 1. The Labute approximate surface area is 95.6 Å². The monoisotopic (exact) mass is 228 g/mol. The molecule has 0 aliphatic carbocycles. The van der Waals surface area contributed by atoms with Crippen LogP contribution < -0.4 is 5.73 Å². The molecule has 5 nitrogen and oxygen atoms in total. The summed E-state index contributed by atoms with van der Waals surface area (Å²) in [5, 5.41) is 8.92. The van der Waals surface area contributed by atoms with E-state index in [2.05, 4.69) is 0 Å². The summed E-state index contributed by atoms with van der Waals surface area (Å²) < 4.78 is 0. The van der Waals surface area contributed by atoms with Gasteiger partial charge in [-0.05, 0) is 18.8 Å². The first-order valence-corrected chi connectivity index (χ1v) is 5.70. The lowest BCUT2D eigenvalue weighted by Gasteiger charge is -2.33. The van der Waals surface area contributed by atoms with Gasteiger partial charge < -0.3 is 15.7 Å². The molecule has 3 N–H and O–H groups in total. The number of likely N-dealkylation sites (tertiary alicyclic amines) is 1. The number of nitrogens with two attached hydrogens (primary N) is 1. The first kappa shape index (κ1) is 13.0. The van der Waals surface area contributed by atoms with E-state index in [1.165, 1.54) is 0 Å². The molecule has 0 aromatic carbocycles. The summed E-state index contributed by atoms with van der Waals surface area (Å²) in [5.74, 6) is -1.30. The fourth-order valence-corrected chi connectivity index (χ4v) is 1.87. The Morgan fingerprint density at radius 1 is 1.44 bits per heavy atom. The molecule has 1 fully saturated rings. The summed E-state index contributed by atoms with van der Waals surface area (Å²) in [6.07, 6.45) is 1.39. The third kappa shape index (κ3) is 2.95. The summed E-state index contributed by atoms with van der Waals surface area (Å²) in [4.78, 5) is 24.4. The van der Waals surface area contributed by atoms with Gasteiger partial charge in [0.15, 0.2) is 0 Å². The molecule has 0 bridgehead atoms. The van der Waals surface area contributed by atoms with Gasteiger partial charge in [-0.1, -0.05) is 13.8 Å². The highest BCUT2D eigenvalue weighted by molar-refractivity contribution is 5.82. The highest BCUT2D eigenvalue weighted by Crippen LogP contribution is 2.18. The van der Waals surface area contributed by atoms with Crippen molar-refractivity contribution < 1.29 is 14.7 Å². The van der Waals surface area contributed by atoms with Crippen LogP contribution in [0.5, 0.6) is 0 Å². The molecular weight excluding hydrogens is 208 g/mol. The van der Waals surface area contributed by atoms with Crippen LogP contribution in [0.25, 0.3) is 0 Å². The number of carboxylic acid groups (broad SMARTS) is 1. The molecule has 0 radical (unpaired) electrons. The van der Waals surface area contributed by atoms with E-state index >= 15 is 0 Å². The van der Waals surface area contributed by atoms with E-state index in [1.807, 2.05) is 13.8 Å². The first-order chi connectivity index (χ1) is 7.43. The van der Waals surface area contributed by atoms with Gasteiger partial charge >= 0.3 is 5.97 Å². The van der Waals surface area contributed by atoms with E-state index in [1.54, 1.807) is 4.90 Å². The maximum absolute atomic E-state index is 11.9. The van der Waals surface area contributed by atoms with Crippen molar-refractivity contribution in [2.75, 3.05) is 13.1 Å². The van der Waals surface area contributed by atoms with E-state index in [9.17, 15) is 9.59 Å². The Morgan fingerprint density at radius 3 is 2.56 bits per heavy atom. The van der Waals surface area contributed by atoms with Crippen molar-refractivity contribution in [3.63, 3.8) is 0 Å². The third-order valence-corrected chi connectivity index (χ3v) is 3.09. The zero-order chi connectivity index (χ0) is 12.3. The highest BCUT2D eigenvalue weighted by atomic mass is 16.4. The highest BCUT2D eigenvalue weighted by Gasteiger charge is 2.31. The molecule has 2 atom stereocenters. The standard InChI is InChI=1S/C11H20N2O3/c1-7(2)9(12)10(14)13-5-3-4-8(6-13)11(15)16/h7-9H,3-6,12H2,1-2H3,(H,15,16)/t8-,9-/m1/s1. The number of piperidine rings is 1. The van der Waals surface area contributed by atoms with Crippen LogP contribution in [0.4, 0.5) is 0 Å². The van der Waals surface area contributed by atoms with Gasteiger partial charge in [0.1, 0.15) is 0 Å². The zero-order valence-corrected chi connectivity index (χ0v) is 9.85. The normalized spacial score (nSPS) is 23.2. The van der Waals surface area contributed by atoms with Crippen molar-refractivity contribution >= 4 is 11.9 Å². The number of carboxylic acids is 1. The number of amides is 1. The molecule has 1 saturated heterocycles. The van der Waals surface area contributed by atoms with E-state index < -0.39 is 17.9 Å². The second-order valence-corrected chi connectivity index (χ2v) is 4.73. The van der Waals surface area contributed by atoms with Crippen LogP contribution in [0.15, 0.2) is 0 Å². The molecule has 92 valence electrons. The van der Waals surface area contributed by atoms with Crippen molar-refractivity contribution in [3.05, 3.63) is 0 Å². The fraction of sp³-hybridized carbons (Fsp3) is 0.818. The molecule has 1 rings (SSSR count). The van der Waals surface area contributed by atoms with Crippen LogP contribution in [0, 0.1) is 11.8 Å². The number of hydrogen-bond donors (Lipinski definition) is 2. The van der Waals surface area contributed by atoms with Crippen LogP contribution in [0.2, 0.25) is 0 Å². The van der Waals surface area contributed by atoms with Crippen LogP contribution in [0.1, 0.15) is 26.7 Å². The molecular formula is C11H20N2O3. The van der Waals surface area contributed by atoms with Crippen molar-refractivity contribution in [3.8, 4) is 0 Å². The van der Waals surface area contributed by atoms with Gasteiger partial charge in [0.05, 0.1) is 12.0 Å². The average molecular weight is 228 g/mol. The second-order valence-electron chi connectivity index (χ2n) is 4.73. The van der Waals surface area contributed by atoms with Crippen molar-refractivity contribution in [1.82, 2.24) is 4.90 Å². The van der Waals surface area contributed by atoms with E-state index in [0.29, 0.717) is 19.5 Å². The predicted molar refractivity (Wildman–Crippen MR) is 59.8 cm³/mol. The van der Waals surface area contributed by atoms with Gasteiger partial charge in [-0.25, -0.2) is 0 Å². The maximum Gasteiger partial charge on any atom is 0.308 e. The van der Waals surface area contributed by atoms with Gasteiger partial charge in [0.2, 0.25) is 5.91 Å². The predicted octanol–water partition coefficient (Wildman–Crippen LogP) is 0.293. The number of carbonyl (C=O) groups excluding carboxylic acids is 1. The van der Waals surface area contributed by atoms with Crippen molar-refractivity contribution in [2.24, 2.45) is 17.6 Å². The summed E-state index contributed by atoms with van der Waals surface area (Å²) in [7, 11) is 0. The average Bonchev–Trinajstić information content (AvgIpc) is 2.27. The third-order valence-electron chi connectivity index (χ3n) is 3.09. The van der Waals surface area contributed by atoms with Gasteiger partial charge in [0.25, 0.3) is 0 Å². The van der Waals surface area contributed by atoms with Crippen molar-refractivity contribution in [1.29, 1.82) is 0 Å². The molecule has 1 aliphatic rings. The van der Waals surface area contributed by atoms with Crippen molar-refractivity contribution in [2.45, 2.75) is 32.7 Å². The summed E-state index contributed by atoms with van der Waals surface area (Å²) in [6.45, 7) is 4.71. The maximum atomic E-state index is 11.9. The Balaban J connectivity index is 2.60. The number of rotatable bonds is 3. The zero-order valence-electron chi connectivity index (χ0n) is 9.85. The molecule has 0 spiro atoms. The minimum Gasteiger partial charge on any atom is -0.481 e. The lowest BCUT2D eigenvalue weighted by molar-refractivity contribution is -0.146. The minimum absolute atomic E-state index is 0.0812. The van der Waals surface area contributed by atoms with Gasteiger partial charge in [-0.2, -0.15) is 0 Å². The van der Waals surface area contributed by atoms with Crippen LogP contribution >= 0.6 is 0 Å². The second kappa shape index (κ2) is 5.30. The van der Waals surface area contributed by atoms with Crippen LogP contribution in [0.3, 0.4) is 0 Å². The van der Waals surface area contributed by atoms with Gasteiger partial charge in [0, 0.05) is 13.1 Å². The molecule has 0 saturated carbocycles. The summed E-state index contributed by atoms with van der Waals surface area (Å²) in [5.41, 5.74) is 5.77. The van der Waals surface area contributed by atoms with E-state index in [4.69, 9.17) is 10.8 Å². The SMILES string of the molecule is CC(C)[C@@H](N)C(=O)N1CCC[C@@H](C(=O)O)C1. The molecule has 1 amide bonds. The quantitative estimate of drug-likeness (QED) is 0.727. The first-order valence-electron chi connectivity index (χ1n) is 5.70. The fourth-order valence-electron chi connectivity index (χ4n) is 1.87. The minimum atomic E-state index is -0.824. The topological polar surface area (TPSA) is 83.6 Å². The Kier molecular flexibility index (Phi) is 4.29. The summed E-state index contributed by atoms with van der Waals surface area (Å²) >= 11 is 0. The molecule has 1 aliphatic heterocycles. The molecule has 1 heterocycles. The Morgan fingerprint density at radius 2 is 2.06 bits per heavy atom. The summed E-state index contributed by atoms with van der Waals surface area (Å²) in [6, 6.07) is -0.521. The molecule has 0 unspecified atom stereocenters. The Hall–Kier alpha value is -1.10. The lowest BCUT2D eigenvalue weighted by atomic mass is 9.96. The van der Waals surface area contributed by atoms with Crippen LogP contribution in [-0.4, -0.2) is 41.0 Å². The van der Waals surface area contributed by atoms with E-state index in [-0.39, 0.29) is 11.8 Å². The van der Waals surface area contributed by atoms with Gasteiger partial charge in [-0.3, -0.25) is 9.59 Å². The van der Waals surface area contributed by atoms with Gasteiger partial charge in [-0.15, -0.1) is 0 Å².